The third-order valence-electron chi connectivity index (χ3n) is 5.58. The highest BCUT2D eigenvalue weighted by Gasteiger charge is 2.56. The topological polar surface area (TPSA) is 69.6 Å². The number of rotatable bonds is 4. The zero-order valence-corrected chi connectivity index (χ0v) is 14.4. The van der Waals surface area contributed by atoms with Crippen molar-refractivity contribution < 1.29 is 14.7 Å². The molecule has 1 aliphatic heterocycles. The Labute approximate surface area is 143 Å². The third kappa shape index (κ3) is 2.99. The molecular weight excluding hydrogens is 304 g/mol. The van der Waals surface area contributed by atoms with Crippen LogP contribution in [0.4, 0.5) is 4.79 Å². The first-order valence-corrected chi connectivity index (χ1v) is 8.80. The molecule has 1 saturated heterocycles. The number of amides is 2. The maximum absolute atomic E-state index is 12.5. The van der Waals surface area contributed by atoms with E-state index in [0.29, 0.717) is 23.9 Å². The average molecular weight is 330 g/mol. The lowest BCUT2D eigenvalue weighted by molar-refractivity contribution is -0.0616. The van der Waals surface area contributed by atoms with Gasteiger partial charge in [0.25, 0.3) is 0 Å². The molecule has 5 nitrogen and oxygen atoms in total. The van der Waals surface area contributed by atoms with Gasteiger partial charge < -0.3 is 15.3 Å². The van der Waals surface area contributed by atoms with Crippen LogP contribution < -0.4 is 5.32 Å². The number of carbonyl (C=O) groups excluding carboxylic acids is 1. The van der Waals surface area contributed by atoms with Gasteiger partial charge in [0.2, 0.25) is 0 Å². The van der Waals surface area contributed by atoms with E-state index in [-0.39, 0.29) is 11.6 Å². The van der Waals surface area contributed by atoms with Crippen molar-refractivity contribution in [1.82, 2.24) is 10.2 Å². The van der Waals surface area contributed by atoms with Gasteiger partial charge in [-0.2, -0.15) is 0 Å². The summed E-state index contributed by atoms with van der Waals surface area (Å²) in [7, 11) is 0. The fraction of sp³-hybridized carbons (Fsp3) is 0.579. The Morgan fingerprint density at radius 2 is 1.88 bits per heavy atom. The standard InChI is InChI=1S/C19H26N2O3/c1-13(2)16-19(9-3-4-10-19)12-21(16)18(24)20-11-14-5-7-15(8-6-14)17(22)23/h5-8,13,16H,3-4,9-12H2,1-2H3,(H,20,24)(H,22,23). The molecule has 24 heavy (non-hydrogen) atoms. The molecule has 1 atom stereocenters. The molecule has 2 N–H and O–H groups in total. The lowest BCUT2D eigenvalue weighted by Crippen LogP contribution is -2.68. The summed E-state index contributed by atoms with van der Waals surface area (Å²) in [6.45, 7) is 5.70. The number of hydrogen-bond acceptors (Lipinski definition) is 2. The van der Waals surface area contributed by atoms with Gasteiger partial charge in [-0.25, -0.2) is 9.59 Å². The highest BCUT2D eigenvalue weighted by atomic mass is 16.4. The maximum Gasteiger partial charge on any atom is 0.335 e. The summed E-state index contributed by atoms with van der Waals surface area (Å²) in [5.74, 6) is -0.467. The Morgan fingerprint density at radius 3 is 2.42 bits per heavy atom. The van der Waals surface area contributed by atoms with E-state index in [1.54, 1.807) is 24.3 Å². The van der Waals surface area contributed by atoms with Crippen LogP contribution in [-0.2, 0) is 6.54 Å². The molecule has 3 rings (SSSR count). The predicted octanol–water partition coefficient (Wildman–Crippen LogP) is 3.50. The van der Waals surface area contributed by atoms with E-state index in [1.165, 1.54) is 25.7 Å². The van der Waals surface area contributed by atoms with Crippen LogP contribution in [0.2, 0.25) is 0 Å². The lowest BCUT2D eigenvalue weighted by Gasteiger charge is -2.58. The molecule has 0 aromatic heterocycles. The highest BCUT2D eigenvalue weighted by Crippen LogP contribution is 2.52. The van der Waals surface area contributed by atoms with Crippen LogP contribution in [0.5, 0.6) is 0 Å². The molecule has 5 heteroatoms. The molecule has 1 aliphatic carbocycles. The van der Waals surface area contributed by atoms with Crippen LogP contribution in [0.15, 0.2) is 24.3 Å². The van der Waals surface area contributed by atoms with Crippen molar-refractivity contribution in [2.45, 2.75) is 52.1 Å². The summed E-state index contributed by atoms with van der Waals surface area (Å²) >= 11 is 0. The number of urea groups is 1. The molecule has 1 aromatic rings. The number of likely N-dealkylation sites (tertiary alicyclic amines) is 1. The van der Waals surface area contributed by atoms with Gasteiger partial charge in [-0.05, 0) is 36.5 Å². The first kappa shape index (κ1) is 16.8. The molecule has 0 radical (unpaired) electrons. The largest absolute Gasteiger partial charge is 0.478 e. The summed E-state index contributed by atoms with van der Waals surface area (Å²) in [5, 5.41) is 11.9. The number of nitrogens with one attached hydrogen (secondary N) is 1. The normalized spacial score (nSPS) is 21.8. The molecular formula is C19H26N2O3. The van der Waals surface area contributed by atoms with Crippen LogP contribution in [-0.4, -0.2) is 34.6 Å². The van der Waals surface area contributed by atoms with Gasteiger partial charge in [0.1, 0.15) is 0 Å². The second-order valence-corrected chi connectivity index (χ2v) is 7.55. The smallest absolute Gasteiger partial charge is 0.335 e. The number of carboxylic acids is 1. The van der Waals surface area contributed by atoms with Gasteiger partial charge in [-0.3, -0.25) is 0 Å². The molecule has 1 saturated carbocycles. The van der Waals surface area contributed by atoms with Crippen LogP contribution >= 0.6 is 0 Å². The monoisotopic (exact) mass is 330 g/mol. The van der Waals surface area contributed by atoms with Crippen molar-refractivity contribution in [3.8, 4) is 0 Å². The van der Waals surface area contributed by atoms with E-state index >= 15 is 0 Å². The van der Waals surface area contributed by atoms with Gasteiger partial charge in [0, 0.05) is 24.5 Å². The van der Waals surface area contributed by atoms with Crippen molar-refractivity contribution in [2.75, 3.05) is 6.54 Å². The van der Waals surface area contributed by atoms with E-state index < -0.39 is 5.97 Å². The second-order valence-electron chi connectivity index (χ2n) is 7.55. The van der Waals surface area contributed by atoms with Gasteiger partial charge in [0.05, 0.1) is 5.56 Å². The minimum Gasteiger partial charge on any atom is -0.478 e. The first-order valence-electron chi connectivity index (χ1n) is 8.80. The average Bonchev–Trinajstić information content (AvgIpc) is 3.01. The van der Waals surface area contributed by atoms with Crippen molar-refractivity contribution >= 4 is 12.0 Å². The molecule has 0 bridgehead atoms. The number of carboxylic acid groups (broad SMARTS) is 1. The number of aromatic carboxylic acids is 1. The van der Waals surface area contributed by atoms with Gasteiger partial charge in [0.15, 0.2) is 0 Å². The Kier molecular flexibility index (Phi) is 4.52. The highest BCUT2D eigenvalue weighted by molar-refractivity contribution is 5.87. The van der Waals surface area contributed by atoms with Crippen LogP contribution in [0.25, 0.3) is 0 Å². The van der Waals surface area contributed by atoms with E-state index in [0.717, 1.165) is 12.1 Å². The maximum atomic E-state index is 12.5. The summed E-state index contributed by atoms with van der Waals surface area (Å²) in [6, 6.07) is 6.97. The molecule has 1 spiro atoms. The fourth-order valence-electron chi connectivity index (χ4n) is 4.59. The Hall–Kier alpha value is -2.04. The lowest BCUT2D eigenvalue weighted by atomic mass is 9.66. The Morgan fingerprint density at radius 1 is 1.25 bits per heavy atom. The number of benzene rings is 1. The van der Waals surface area contributed by atoms with Gasteiger partial charge in [-0.15, -0.1) is 0 Å². The number of nitrogens with zero attached hydrogens (tertiary/aromatic N) is 1. The quantitative estimate of drug-likeness (QED) is 0.888. The molecule has 1 unspecified atom stereocenters. The van der Waals surface area contributed by atoms with Gasteiger partial charge in [-0.1, -0.05) is 38.8 Å². The Bertz CT molecular complexity index is 618. The van der Waals surface area contributed by atoms with Crippen LogP contribution in [0, 0.1) is 11.3 Å². The van der Waals surface area contributed by atoms with Crippen molar-refractivity contribution in [3.63, 3.8) is 0 Å². The predicted molar refractivity (Wildman–Crippen MR) is 91.9 cm³/mol. The summed E-state index contributed by atoms with van der Waals surface area (Å²) < 4.78 is 0. The third-order valence-corrected chi connectivity index (χ3v) is 5.58. The number of hydrogen-bond donors (Lipinski definition) is 2. The minimum absolute atomic E-state index is 0.00599. The van der Waals surface area contributed by atoms with Crippen LogP contribution in [0.3, 0.4) is 0 Å². The first-order chi connectivity index (χ1) is 11.4. The zero-order valence-electron chi connectivity index (χ0n) is 14.4. The van der Waals surface area contributed by atoms with E-state index in [2.05, 4.69) is 19.2 Å². The SMILES string of the molecule is CC(C)C1N(C(=O)NCc2ccc(C(=O)O)cc2)CC12CCCC2. The summed E-state index contributed by atoms with van der Waals surface area (Å²) in [6.07, 6.45) is 5.07. The molecule has 1 heterocycles. The van der Waals surface area contributed by atoms with Gasteiger partial charge >= 0.3 is 12.0 Å². The van der Waals surface area contributed by atoms with Crippen molar-refractivity contribution in [3.05, 3.63) is 35.4 Å². The van der Waals surface area contributed by atoms with Crippen molar-refractivity contribution in [2.24, 2.45) is 11.3 Å². The van der Waals surface area contributed by atoms with Crippen LogP contribution in [0.1, 0.15) is 55.5 Å². The minimum atomic E-state index is -0.937. The number of carbonyl (C=O) groups is 2. The van der Waals surface area contributed by atoms with E-state index in [9.17, 15) is 9.59 Å². The summed E-state index contributed by atoms with van der Waals surface area (Å²) in [4.78, 5) is 25.4. The second kappa shape index (κ2) is 6.46. The van der Waals surface area contributed by atoms with E-state index in [1.807, 2.05) is 4.90 Å². The summed E-state index contributed by atoms with van der Waals surface area (Å²) in [5.41, 5.74) is 1.52. The molecule has 2 fully saturated rings. The Balaban J connectivity index is 1.58. The van der Waals surface area contributed by atoms with E-state index in [4.69, 9.17) is 5.11 Å². The molecule has 1 aromatic carbocycles. The molecule has 2 amide bonds. The fourth-order valence-corrected chi connectivity index (χ4v) is 4.59. The zero-order chi connectivity index (χ0) is 17.3. The molecule has 130 valence electrons. The molecule has 2 aliphatic rings. The van der Waals surface area contributed by atoms with Crippen molar-refractivity contribution in [1.29, 1.82) is 0 Å².